The molecule has 10 heteroatoms. The third-order valence-corrected chi connectivity index (χ3v) is 1.53. The lowest BCUT2D eigenvalue weighted by Gasteiger charge is -2.20. The highest BCUT2D eigenvalue weighted by molar-refractivity contribution is 5.79. The van der Waals surface area contributed by atoms with Gasteiger partial charge in [0.25, 0.3) is 0 Å². The molecule has 0 rings (SSSR count). The van der Waals surface area contributed by atoms with E-state index in [4.69, 9.17) is 20.4 Å². The van der Waals surface area contributed by atoms with E-state index in [0.29, 0.717) is 9.80 Å². The van der Waals surface area contributed by atoms with Crippen molar-refractivity contribution in [2.75, 3.05) is 26.9 Å². The molecule has 0 bridgehead atoms. The van der Waals surface area contributed by atoms with E-state index in [0.717, 1.165) is 0 Å². The maximum atomic E-state index is 11.0. The predicted molar refractivity (Wildman–Crippen MR) is 49.1 cm³/mol. The fourth-order valence-electron chi connectivity index (χ4n) is 0.611. The smallest absolute Gasteiger partial charge is 0.339 e. The zero-order valence-electron chi connectivity index (χ0n) is 8.33. The van der Waals surface area contributed by atoms with Crippen LogP contribution in [0.15, 0.2) is 0 Å². The van der Waals surface area contributed by atoms with E-state index >= 15 is 0 Å². The van der Waals surface area contributed by atoms with Gasteiger partial charge in [-0.3, -0.25) is 9.80 Å². The molecule has 0 saturated carbocycles. The van der Waals surface area contributed by atoms with Crippen molar-refractivity contribution in [1.82, 2.24) is 20.7 Å². The number of hydrazine groups is 1. The summed E-state index contributed by atoms with van der Waals surface area (Å²) in [5.74, 6) is 0. The Bertz CT molecular complexity index is 205. The summed E-state index contributed by atoms with van der Waals surface area (Å²) >= 11 is 0. The Morgan fingerprint density at radius 2 is 1.00 bits per heavy atom. The molecule has 0 aromatic carbocycles. The summed E-state index contributed by atoms with van der Waals surface area (Å²) in [7, 11) is 0. The summed E-state index contributed by atoms with van der Waals surface area (Å²) in [5.41, 5.74) is 3.67. The molecule has 6 N–H and O–H groups in total. The van der Waals surface area contributed by atoms with Gasteiger partial charge < -0.3 is 20.4 Å². The van der Waals surface area contributed by atoms with Crippen molar-refractivity contribution in [3.05, 3.63) is 0 Å². The van der Waals surface area contributed by atoms with Crippen LogP contribution in [0.1, 0.15) is 0 Å². The van der Waals surface area contributed by atoms with Crippen LogP contribution in [-0.2, 0) is 0 Å². The average Bonchev–Trinajstić information content (AvgIpc) is 2.29. The maximum Gasteiger partial charge on any atom is 0.339 e. The second-order valence-corrected chi connectivity index (χ2v) is 2.51. The molecule has 0 aromatic rings. The number of carbonyl (C=O) groups is 2. The third-order valence-electron chi connectivity index (χ3n) is 1.53. The minimum Gasteiger partial charge on any atom is -0.376 e. The minimum absolute atomic E-state index is 0.572. The Balaban J connectivity index is 4.04. The van der Waals surface area contributed by atoms with E-state index in [2.05, 4.69) is 0 Å². The van der Waals surface area contributed by atoms with Gasteiger partial charge in [0.05, 0.1) is 0 Å². The molecule has 0 aromatic heterocycles. The summed E-state index contributed by atoms with van der Waals surface area (Å²) in [4.78, 5) is 23.2. The minimum atomic E-state index is -0.950. The lowest BCUT2D eigenvalue weighted by Crippen LogP contribution is -2.53. The fraction of sp³-hybridized carbons (Fsp3) is 0.667. The van der Waals surface area contributed by atoms with E-state index in [-0.39, 0.29) is 0 Å². The van der Waals surface area contributed by atoms with Crippen LogP contribution in [0.25, 0.3) is 0 Å². The van der Waals surface area contributed by atoms with Crippen LogP contribution >= 0.6 is 0 Å². The Hall–Kier alpha value is -1.62. The number of carbonyl (C=O) groups excluding carboxylic acids is 2. The molecular weight excluding hydrogens is 224 g/mol. The first-order chi connectivity index (χ1) is 7.60. The highest BCUT2D eigenvalue weighted by Gasteiger charge is 2.14. The van der Waals surface area contributed by atoms with Crippen LogP contribution < -0.4 is 10.9 Å². The number of urea groups is 2. The molecule has 0 aliphatic carbocycles. The lowest BCUT2D eigenvalue weighted by molar-refractivity contribution is 0.0474. The van der Waals surface area contributed by atoms with Crippen molar-refractivity contribution < 1.29 is 30.0 Å². The molecule has 4 amide bonds. The highest BCUT2D eigenvalue weighted by atomic mass is 16.3. The number of hydrogen-bond donors (Lipinski definition) is 6. The van der Waals surface area contributed by atoms with Gasteiger partial charge in [0.2, 0.25) is 0 Å². The van der Waals surface area contributed by atoms with E-state index in [1.54, 1.807) is 0 Å². The monoisotopic (exact) mass is 238 g/mol. The van der Waals surface area contributed by atoms with Gasteiger partial charge in [0.15, 0.2) is 0 Å². The Morgan fingerprint density at radius 1 is 0.750 bits per heavy atom. The van der Waals surface area contributed by atoms with E-state index in [9.17, 15) is 9.59 Å². The SMILES string of the molecule is O=C(NNC(=O)N(CO)CO)N(CO)CO. The van der Waals surface area contributed by atoms with Crippen LogP contribution in [0.2, 0.25) is 0 Å². The average molecular weight is 238 g/mol. The van der Waals surface area contributed by atoms with Gasteiger partial charge in [-0.25, -0.2) is 20.4 Å². The molecule has 0 aliphatic heterocycles. The zero-order valence-corrected chi connectivity index (χ0v) is 8.33. The first kappa shape index (κ1) is 14.4. The quantitative estimate of drug-likeness (QED) is 0.224. The second-order valence-electron chi connectivity index (χ2n) is 2.51. The molecule has 94 valence electrons. The number of aliphatic hydroxyl groups excluding tert-OH is 4. The van der Waals surface area contributed by atoms with Gasteiger partial charge >= 0.3 is 12.1 Å². The normalized spacial score (nSPS) is 9.50. The van der Waals surface area contributed by atoms with Crippen molar-refractivity contribution in [2.45, 2.75) is 0 Å². The van der Waals surface area contributed by atoms with Crippen LogP contribution in [0.5, 0.6) is 0 Å². The Morgan fingerprint density at radius 3 is 1.19 bits per heavy atom. The summed E-state index contributed by atoms with van der Waals surface area (Å²) < 4.78 is 0. The standard InChI is InChI=1S/C6H14N4O6/c11-1-9(2-12)5(15)7-8-6(16)10(3-13)4-14/h11-14H,1-4H2,(H,7,15)(H,8,16). The first-order valence-electron chi connectivity index (χ1n) is 4.14. The summed E-state index contributed by atoms with van der Waals surface area (Å²) in [6.45, 7) is -2.94. The Kier molecular flexibility index (Phi) is 6.87. The number of hydrogen-bond acceptors (Lipinski definition) is 6. The summed E-state index contributed by atoms with van der Waals surface area (Å²) in [6, 6.07) is -1.90. The van der Waals surface area contributed by atoms with E-state index in [1.807, 2.05) is 10.9 Å². The fourth-order valence-corrected chi connectivity index (χ4v) is 0.611. The van der Waals surface area contributed by atoms with Gasteiger partial charge in [-0.2, -0.15) is 0 Å². The number of amides is 4. The lowest BCUT2D eigenvalue weighted by atomic mass is 10.8. The summed E-state index contributed by atoms with van der Waals surface area (Å²) in [6.07, 6.45) is 0. The molecule has 0 atom stereocenters. The molecule has 10 nitrogen and oxygen atoms in total. The van der Waals surface area contributed by atoms with Crippen molar-refractivity contribution in [1.29, 1.82) is 0 Å². The molecule has 0 spiro atoms. The van der Waals surface area contributed by atoms with Crippen molar-refractivity contribution in [3.63, 3.8) is 0 Å². The third kappa shape index (κ3) is 4.27. The van der Waals surface area contributed by atoms with Gasteiger partial charge in [0, 0.05) is 0 Å². The number of rotatable bonds is 4. The maximum absolute atomic E-state index is 11.0. The summed E-state index contributed by atoms with van der Waals surface area (Å²) in [5, 5.41) is 34.3. The van der Waals surface area contributed by atoms with E-state index < -0.39 is 39.0 Å². The molecule has 0 heterocycles. The van der Waals surface area contributed by atoms with Crippen molar-refractivity contribution >= 4 is 12.1 Å². The van der Waals surface area contributed by atoms with Crippen LogP contribution in [-0.4, -0.2) is 69.2 Å². The molecule has 0 radical (unpaired) electrons. The zero-order chi connectivity index (χ0) is 12.6. The van der Waals surface area contributed by atoms with Crippen molar-refractivity contribution in [2.24, 2.45) is 0 Å². The largest absolute Gasteiger partial charge is 0.376 e. The molecule has 0 saturated heterocycles. The molecule has 0 aliphatic rings. The Labute approximate surface area is 90.7 Å². The van der Waals surface area contributed by atoms with Gasteiger partial charge in [0.1, 0.15) is 26.9 Å². The molecule has 0 unspecified atom stereocenters. The van der Waals surface area contributed by atoms with Crippen LogP contribution in [0.4, 0.5) is 9.59 Å². The first-order valence-corrected chi connectivity index (χ1v) is 4.14. The molecular formula is C6H14N4O6. The van der Waals surface area contributed by atoms with Gasteiger partial charge in [-0.1, -0.05) is 0 Å². The molecule has 0 fully saturated rings. The highest BCUT2D eigenvalue weighted by Crippen LogP contribution is 1.86. The number of aliphatic hydroxyl groups is 4. The predicted octanol–water partition coefficient (Wildman–Crippen LogP) is -3.28. The van der Waals surface area contributed by atoms with Crippen molar-refractivity contribution in [3.8, 4) is 0 Å². The van der Waals surface area contributed by atoms with Gasteiger partial charge in [-0.05, 0) is 0 Å². The van der Waals surface area contributed by atoms with Gasteiger partial charge in [-0.15, -0.1) is 0 Å². The molecule has 16 heavy (non-hydrogen) atoms. The van der Waals surface area contributed by atoms with E-state index in [1.165, 1.54) is 0 Å². The number of nitrogens with zero attached hydrogens (tertiary/aromatic N) is 2. The van der Waals surface area contributed by atoms with Crippen LogP contribution in [0, 0.1) is 0 Å². The number of nitrogens with one attached hydrogen (secondary N) is 2. The van der Waals surface area contributed by atoms with Crippen LogP contribution in [0.3, 0.4) is 0 Å². The second kappa shape index (κ2) is 7.64. The topological polar surface area (TPSA) is 146 Å².